The van der Waals surface area contributed by atoms with Gasteiger partial charge in [-0.05, 0) is 62.7 Å². The number of carbonyl (C=O) groups excluding carboxylic acids is 1. The van der Waals surface area contributed by atoms with Crippen LogP contribution < -0.4 is 10.5 Å². The molecule has 1 saturated heterocycles. The van der Waals surface area contributed by atoms with Crippen LogP contribution in [0.2, 0.25) is 0 Å². The summed E-state index contributed by atoms with van der Waals surface area (Å²) in [6.45, 7) is 2.05. The Labute approximate surface area is 234 Å². The van der Waals surface area contributed by atoms with Crippen LogP contribution in [0.4, 0.5) is 5.82 Å². The van der Waals surface area contributed by atoms with E-state index in [1.54, 1.807) is 6.08 Å². The molecule has 9 nitrogen and oxygen atoms in total. The summed E-state index contributed by atoms with van der Waals surface area (Å²) in [5.41, 5.74) is 8.63. The van der Waals surface area contributed by atoms with Crippen LogP contribution in [-0.2, 0) is 4.79 Å². The standard InChI is InChI=1S/C31H35N7O2/c1-36(23-8-5-6-9-23)18-7-12-27(39)37-19-17-24(20-37)38-31-28(30(32)33-21-34-31)29(35-38)22-13-15-26(16-14-22)40-25-10-3-2-4-11-25/h2-4,7,10-16,21,23-24H,5-6,8-9,17-20H2,1H3,(H2,32,33,34). The average molecular weight is 538 g/mol. The van der Waals surface area contributed by atoms with E-state index in [0.29, 0.717) is 30.6 Å². The summed E-state index contributed by atoms with van der Waals surface area (Å²) in [6, 6.07) is 18.1. The number of rotatable bonds is 8. The molecular weight excluding hydrogens is 502 g/mol. The molecule has 2 aromatic carbocycles. The second-order valence-corrected chi connectivity index (χ2v) is 10.7. The van der Waals surface area contributed by atoms with Crippen molar-refractivity contribution in [3.8, 4) is 22.8 Å². The van der Waals surface area contributed by atoms with Gasteiger partial charge in [0.05, 0.1) is 11.4 Å². The van der Waals surface area contributed by atoms with Gasteiger partial charge in [-0.15, -0.1) is 0 Å². The largest absolute Gasteiger partial charge is 0.457 e. The molecule has 1 atom stereocenters. The highest BCUT2D eigenvalue weighted by molar-refractivity contribution is 5.98. The molecule has 1 aliphatic heterocycles. The summed E-state index contributed by atoms with van der Waals surface area (Å²) in [5, 5.41) is 5.69. The van der Waals surface area contributed by atoms with E-state index < -0.39 is 0 Å². The first-order valence-corrected chi connectivity index (χ1v) is 14.0. The molecule has 0 radical (unpaired) electrons. The van der Waals surface area contributed by atoms with Gasteiger partial charge in [-0.3, -0.25) is 9.69 Å². The van der Waals surface area contributed by atoms with Crippen molar-refractivity contribution >= 4 is 22.8 Å². The molecule has 1 saturated carbocycles. The fourth-order valence-electron chi connectivity index (χ4n) is 5.82. The highest BCUT2D eigenvalue weighted by Gasteiger charge is 2.30. The van der Waals surface area contributed by atoms with E-state index in [1.807, 2.05) is 70.3 Å². The number of benzene rings is 2. The van der Waals surface area contributed by atoms with Gasteiger partial charge in [0.15, 0.2) is 5.65 Å². The molecule has 9 heteroatoms. The van der Waals surface area contributed by atoms with E-state index in [4.69, 9.17) is 15.6 Å². The Morgan fingerprint density at radius 3 is 2.58 bits per heavy atom. The van der Waals surface area contributed by atoms with Crippen molar-refractivity contribution in [1.82, 2.24) is 29.5 Å². The predicted molar refractivity (Wildman–Crippen MR) is 156 cm³/mol. The van der Waals surface area contributed by atoms with Gasteiger partial charge in [0.2, 0.25) is 5.91 Å². The number of aromatic nitrogens is 4. The Morgan fingerprint density at radius 2 is 1.80 bits per heavy atom. The smallest absolute Gasteiger partial charge is 0.246 e. The van der Waals surface area contributed by atoms with E-state index in [1.165, 1.54) is 32.0 Å². The van der Waals surface area contributed by atoms with Crippen LogP contribution in [0.1, 0.15) is 38.1 Å². The van der Waals surface area contributed by atoms with Gasteiger partial charge < -0.3 is 15.4 Å². The summed E-state index contributed by atoms with van der Waals surface area (Å²) in [4.78, 5) is 26.0. The Kier molecular flexibility index (Phi) is 7.46. The maximum atomic E-state index is 13.0. The molecule has 206 valence electrons. The summed E-state index contributed by atoms with van der Waals surface area (Å²) in [7, 11) is 2.15. The second-order valence-electron chi connectivity index (χ2n) is 10.7. The number of likely N-dealkylation sites (tertiary alicyclic amines) is 1. The van der Waals surface area contributed by atoms with Crippen molar-refractivity contribution in [2.75, 3.05) is 32.4 Å². The Hall–Kier alpha value is -4.24. The maximum Gasteiger partial charge on any atom is 0.246 e. The van der Waals surface area contributed by atoms with Crippen LogP contribution in [0, 0.1) is 0 Å². The van der Waals surface area contributed by atoms with Crippen LogP contribution in [0.15, 0.2) is 73.1 Å². The van der Waals surface area contributed by atoms with E-state index in [0.717, 1.165) is 41.1 Å². The molecule has 2 aromatic heterocycles. The molecule has 6 rings (SSSR count). The lowest BCUT2D eigenvalue weighted by Crippen LogP contribution is -2.30. The topological polar surface area (TPSA) is 102 Å². The van der Waals surface area contributed by atoms with E-state index >= 15 is 0 Å². The third-order valence-electron chi connectivity index (χ3n) is 8.05. The van der Waals surface area contributed by atoms with Crippen molar-refractivity contribution in [3.05, 3.63) is 73.1 Å². The fraction of sp³-hybridized carbons (Fsp3) is 0.355. The fourth-order valence-corrected chi connectivity index (χ4v) is 5.82. The molecule has 0 spiro atoms. The van der Waals surface area contributed by atoms with Crippen molar-refractivity contribution < 1.29 is 9.53 Å². The van der Waals surface area contributed by atoms with Gasteiger partial charge in [0.1, 0.15) is 29.3 Å². The molecular formula is C31H35N7O2. The van der Waals surface area contributed by atoms with Crippen LogP contribution in [0.3, 0.4) is 0 Å². The second kappa shape index (κ2) is 11.5. The first-order chi connectivity index (χ1) is 19.6. The SMILES string of the molecule is CN(CC=CC(=O)N1CCC(n2nc(-c3ccc(Oc4ccccc4)cc3)c3c(N)ncnc32)C1)C1CCCC1. The van der Waals surface area contributed by atoms with E-state index in [2.05, 4.69) is 21.9 Å². The number of ether oxygens (including phenoxy) is 1. The minimum Gasteiger partial charge on any atom is -0.457 e. The summed E-state index contributed by atoms with van der Waals surface area (Å²) in [5.74, 6) is 1.94. The lowest BCUT2D eigenvalue weighted by Gasteiger charge is -2.22. The van der Waals surface area contributed by atoms with Crippen molar-refractivity contribution in [2.24, 2.45) is 0 Å². The highest BCUT2D eigenvalue weighted by atomic mass is 16.5. The zero-order valence-electron chi connectivity index (χ0n) is 22.8. The predicted octanol–water partition coefficient (Wildman–Crippen LogP) is 5.07. The zero-order chi connectivity index (χ0) is 27.5. The highest BCUT2D eigenvalue weighted by Crippen LogP contribution is 2.35. The molecule has 3 heterocycles. The quantitative estimate of drug-likeness (QED) is 0.313. The average Bonchev–Trinajstić information content (AvgIpc) is 3.75. The van der Waals surface area contributed by atoms with Crippen molar-refractivity contribution in [1.29, 1.82) is 0 Å². The zero-order valence-corrected chi connectivity index (χ0v) is 22.8. The van der Waals surface area contributed by atoms with Crippen molar-refractivity contribution in [3.63, 3.8) is 0 Å². The van der Waals surface area contributed by atoms with E-state index in [-0.39, 0.29) is 11.9 Å². The first-order valence-electron chi connectivity index (χ1n) is 14.0. The number of carbonyl (C=O) groups is 1. The molecule has 2 aliphatic rings. The summed E-state index contributed by atoms with van der Waals surface area (Å²) in [6.07, 6.45) is 11.1. The van der Waals surface area contributed by atoms with Crippen LogP contribution in [-0.4, -0.2) is 68.2 Å². The van der Waals surface area contributed by atoms with Crippen LogP contribution in [0.25, 0.3) is 22.3 Å². The van der Waals surface area contributed by atoms with Crippen LogP contribution >= 0.6 is 0 Å². The number of nitrogen functional groups attached to an aromatic ring is 1. The molecule has 0 bridgehead atoms. The number of nitrogens with two attached hydrogens (primary N) is 1. The normalized spacial score (nSPS) is 17.9. The molecule has 2 N–H and O–H groups in total. The number of amides is 1. The Bertz CT molecular complexity index is 1490. The molecule has 2 fully saturated rings. The monoisotopic (exact) mass is 537 g/mol. The number of nitrogens with zero attached hydrogens (tertiary/aromatic N) is 6. The third-order valence-corrected chi connectivity index (χ3v) is 8.05. The summed E-state index contributed by atoms with van der Waals surface area (Å²) >= 11 is 0. The number of fused-ring (bicyclic) bond motifs is 1. The number of hydrogen-bond donors (Lipinski definition) is 1. The minimum atomic E-state index is 0.00440. The number of anilines is 1. The van der Waals surface area contributed by atoms with Gasteiger partial charge in [0, 0.05) is 37.3 Å². The molecule has 1 amide bonds. The Balaban J connectivity index is 1.18. The van der Waals surface area contributed by atoms with Gasteiger partial charge >= 0.3 is 0 Å². The van der Waals surface area contributed by atoms with Gasteiger partial charge in [-0.25, -0.2) is 14.6 Å². The third kappa shape index (κ3) is 5.42. The lowest BCUT2D eigenvalue weighted by molar-refractivity contribution is -0.125. The molecule has 1 unspecified atom stereocenters. The Morgan fingerprint density at radius 1 is 1.05 bits per heavy atom. The summed E-state index contributed by atoms with van der Waals surface area (Å²) < 4.78 is 7.87. The number of hydrogen-bond acceptors (Lipinski definition) is 7. The van der Waals surface area contributed by atoms with Gasteiger partial charge in [-0.2, -0.15) is 5.10 Å². The van der Waals surface area contributed by atoms with E-state index in [9.17, 15) is 4.79 Å². The number of likely N-dealkylation sites (N-methyl/N-ethyl adjacent to an activating group) is 1. The lowest BCUT2D eigenvalue weighted by atomic mass is 10.1. The van der Waals surface area contributed by atoms with Crippen molar-refractivity contribution in [2.45, 2.75) is 44.2 Å². The van der Waals surface area contributed by atoms with Gasteiger partial charge in [-0.1, -0.05) is 37.1 Å². The number of para-hydroxylation sites is 1. The minimum absolute atomic E-state index is 0.00440. The first kappa shape index (κ1) is 26.0. The molecule has 40 heavy (non-hydrogen) atoms. The molecule has 4 aromatic rings. The van der Waals surface area contributed by atoms with Crippen LogP contribution in [0.5, 0.6) is 11.5 Å². The molecule has 1 aliphatic carbocycles. The van der Waals surface area contributed by atoms with Gasteiger partial charge in [0.25, 0.3) is 0 Å². The maximum absolute atomic E-state index is 13.0.